The van der Waals surface area contributed by atoms with Gasteiger partial charge in [-0.05, 0) is 23.8 Å². The molecular weight excluding hydrogens is 398 g/mol. The Hall–Kier alpha value is -2.77. The molecule has 0 radical (unpaired) electrons. The summed E-state index contributed by atoms with van der Waals surface area (Å²) in [4.78, 5) is 22.7. The zero-order valence-electron chi connectivity index (χ0n) is 17.2. The summed E-state index contributed by atoms with van der Waals surface area (Å²) in [6, 6.07) is 15.9. The van der Waals surface area contributed by atoms with Crippen molar-refractivity contribution >= 4 is 11.8 Å². The third-order valence-corrected chi connectivity index (χ3v) is 6.17. The molecule has 2 aromatic carbocycles. The van der Waals surface area contributed by atoms with E-state index in [1.54, 1.807) is 14.2 Å². The van der Waals surface area contributed by atoms with Crippen LogP contribution in [-0.2, 0) is 25.3 Å². The molecule has 4 rings (SSSR count). The van der Waals surface area contributed by atoms with Gasteiger partial charge < -0.3 is 14.5 Å². The van der Waals surface area contributed by atoms with Crippen molar-refractivity contribution in [3.63, 3.8) is 0 Å². The fourth-order valence-corrected chi connectivity index (χ4v) is 4.47. The van der Waals surface area contributed by atoms with E-state index in [0.29, 0.717) is 11.7 Å². The topological polar surface area (TPSA) is 67.5 Å². The molecule has 30 heavy (non-hydrogen) atoms. The number of nitrogens with zero attached hydrogens (tertiary/aromatic N) is 2. The molecule has 0 amide bonds. The minimum absolute atomic E-state index is 0.0436. The minimum Gasteiger partial charge on any atom is -0.497 e. The summed E-state index contributed by atoms with van der Waals surface area (Å²) < 4.78 is 10.7. The molecule has 1 N–H and O–H groups in total. The molecule has 0 bridgehead atoms. The highest BCUT2D eigenvalue weighted by Gasteiger charge is 2.22. The Morgan fingerprint density at radius 1 is 1.13 bits per heavy atom. The van der Waals surface area contributed by atoms with Crippen LogP contribution in [0.15, 0.2) is 58.5 Å². The molecule has 0 spiro atoms. The molecule has 0 saturated carbocycles. The summed E-state index contributed by atoms with van der Waals surface area (Å²) in [5.74, 6) is 2.42. The normalized spacial score (nSPS) is 13.7. The van der Waals surface area contributed by atoms with Gasteiger partial charge in [-0.25, -0.2) is 4.98 Å². The number of hydrogen-bond donors (Lipinski definition) is 1. The molecule has 0 aliphatic carbocycles. The number of hydrogen-bond acceptors (Lipinski definition) is 6. The minimum atomic E-state index is -0.0436. The molecule has 1 aliphatic heterocycles. The van der Waals surface area contributed by atoms with Crippen LogP contribution in [0.4, 0.5) is 0 Å². The average molecular weight is 424 g/mol. The predicted octanol–water partition coefficient (Wildman–Crippen LogP) is 3.64. The number of benzene rings is 2. The van der Waals surface area contributed by atoms with Gasteiger partial charge >= 0.3 is 0 Å². The van der Waals surface area contributed by atoms with Crippen molar-refractivity contribution in [3.05, 3.63) is 81.3 Å². The third kappa shape index (κ3) is 4.68. The van der Waals surface area contributed by atoms with Crippen molar-refractivity contribution in [2.75, 3.05) is 20.8 Å². The number of H-pyrrole nitrogens is 1. The van der Waals surface area contributed by atoms with Crippen molar-refractivity contribution in [1.82, 2.24) is 14.9 Å². The number of nitrogens with one attached hydrogen (secondary N) is 1. The Kier molecular flexibility index (Phi) is 6.40. The largest absolute Gasteiger partial charge is 0.497 e. The van der Waals surface area contributed by atoms with Crippen LogP contribution < -0.4 is 15.0 Å². The number of aromatic nitrogens is 2. The van der Waals surface area contributed by atoms with Crippen molar-refractivity contribution in [2.24, 2.45) is 0 Å². The van der Waals surface area contributed by atoms with Crippen LogP contribution in [0.2, 0.25) is 0 Å². The molecule has 2 heterocycles. The molecule has 0 unspecified atom stereocenters. The van der Waals surface area contributed by atoms with Gasteiger partial charge in [0.2, 0.25) is 0 Å². The Balaban J connectivity index is 1.45. The first kappa shape index (κ1) is 20.5. The highest BCUT2D eigenvalue weighted by Crippen LogP contribution is 2.25. The smallest absolute Gasteiger partial charge is 0.256 e. The summed E-state index contributed by atoms with van der Waals surface area (Å²) in [6.07, 6.45) is 0.765. The lowest BCUT2D eigenvalue weighted by Gasteiger charge is -2.28. The van der Waals surface area contributed by atoms with Crippen LogP contribution in [0.25, 0.3) is 0 Å². The number of rotatable bonds is 7. The second-order valence-electron chi connectivity index (χ2n) is 7.21. The SMILES string of the molecule is COc1cccc(CSc2nc3c(c(=O)[nH]2)CN(Cc2ccccc2OC)CC3)c1. The van der Waals surface area contributed by atoms with E-state index in [1.165, 1.54) is 11.8 Å². The summed E-state index contributed by atoms with van der Waals surface area (Å²) in [5.41, 5.74) is 3.88. The Labute approximate surface area is 180 Å². The first-order chi connectivity index (χ1) is 14.7. The van der Waals surface area contributed by atoms with E-state index in [0.717, 1.165) is 59.1 Å². The van der Waals surface area contributed by atoms with Crippen LogP contribution in [-0.4, -0.2) is 35.6 Å². The maximum Gasteiger partial charge on any atom is 0.256 e. The van der Waals surface area contributed by atoms with E-state index in [9.17, 15) is 4.79 Å². The standard InChI is InChI=1S/C23H25N3O3S/c1-28-18-8-5-6-16(12-18)15-30-23-24-20-10-11-26(14-19(20)22(27)25-23)13-17-7-3-4-9-21(17)29-2/h3-9,12H,10-11,13-15H2,1-2H3,(H,24,25,27). The van der Waals surface area contributed by atoms with E-state index in [-0.39, 0.29) is 5.56 Å². The molecule has 0 atom stereocenters. The van der Waals surface area contributed by atoms with Crippen LogP contribution in [0.3, 0.4) is 0 Å². The first-order valence-electron chi connectivity index (χ1n) is 9.88. The third-order valence-electron chi connectivity index (χ3n) is 5.22. The maximum absolute atomic E-state index is 12.7. The molecular formula is C23H25N3O3S. The summed E-state index contributed by atoms with van der Waals surface area (Å²) in [5, 5.41) is 0.666. The first-order valence-corrected chi connectivity index (χ1v) is 10.9. The van der Waals surface area contributed by atoms with Gasteiger partial charge in [0.1, 0.15) is 11.5 Å². The lowest BCUT2D eigenvalue weighted by atomic mass is 10.1. The molecule has 7 heteroatoms. The maximum atomic E-state index is 12.7. The summed E-state index contributed by atoms with van der Waals surface area (Å²) >= 11 is 1.54. The van der Waals surface area contributed by atoms with E-state index < -0.39 is 0 Å². The van der Waals surface area contributed by atoms with Crippen LogP contribution in [0.5, 0.6) is 11.5 Å². The van der Waals surface area contributed by atoms with Crippen LogP contribution in [0, 0.1) is 0 Å². The highest BCUT2D eigenvalue weighted by atomic mass is 32.2. The van der Waals surface area contributed by atoms with E-state index >= 15 is 0 Å². The number of fused-ring (bicyclic) bond motifs is 1. The van der Waals surface area contributed by atoms with E-state index in [4.69, 9.17) is 14.5 Å². The van der Waals surface area contributed by atoms with Crippen molar-refractivity contribution in [2.45, 2.75) is 30.4 Å². The second-order valence-corrected chi connectivity index (χ2v) is 8.17. The Bertz CT molecular complexity index is 1080. The average Bonchev–Trinajstić information content (AvgIpc) is 2.78. The number of methoxy groups -OCH3 is 2. The monoisotopic (exact) mass is 423 g/mol. The van der Waals surface area contributed by atoms with Gasteiger partial charge in [0, 0.05) is 37.4 Å². The molecule has 0 fully saturated rings. The predicted molar refractivity (Wildman–Crippen MR) is 118 cm³/mol. The van der Waals surface area contributed by atoms with Crippen molar-refractivity contribution in [1.29, 1.82) is 0 Å². The van der Waals surface area contributed by atoms with Gasteiger partial charge in [-0.15, -0.1) is 0 Å². The van der Waals surface area contributed by atoms with Gasteiger partial charge in [0.15, 0.2) is 5.16 Å². The fourth-order valence-electron chi connectivity index (χ4n) is 3.65. The second kappa shape index (κ2) is 9.36. The van der Waals surface area contributed by atoms with Crippen LogP contribution in [0.1, 0.15) is 22.4 Å². The number of ether oxygens (including phenoxy) is 2. The van der Waals surface area contributed by atoms with Gasteiger partial charge in [-0.2, -0.15) is 0 Å². The Morgan fingerprint density at radius 3 is 2.83 bits per heavy atom. The van der Waals surface area contributed by atoms with E-state index in [2.05, 4.69) is 16.0 Å². The molecule has 3 aromatic rings. The lowest BCUT2D eigenvalue weighted by Crippen LogP contribution is -2.35. The van der Waals surface area contributed by atoms with Gasteiger partial charge in [-0.3, -0.25) is 9.69 Å². The quantitative estimate of drug-likeness (QED) is 0.462. The van der Waals surface area contributed by atoms with Crippen molar-refractivity contribution < 1.29 is 9.47 Å². The van der Waals surface area contributed by atoms with Crippen molar-refractivity contribution in [3.8, 4) is 11.5 Å². The Morgan fingerprint density at radius 2 is 2.00 bits per heavy atom. The van der Waals surface area contributed by atoms with Gasteiger partial charge in [0.25, 0.3) is 5.56 Å². The number of aromatic amines is 1. The molecule has 1 aliphatic rings. The van der Waals surface area contributed by atoms with Gasteiger partial charge in [0.05, 0.1) is 25.5 Å². The van der Waals surface area contributed by atoms with Crippen LogP contribution >= 0.6 is 11.8 Å². The molecule has 6 nitrogen and oxygen atoms in total. The number of thioether (sulfide) groups is 1. The van der Waals surface area contributed by atoms with E-state index in [1.807, 2.05) is 42.5 Å². The zero-order chi connectivity index (χ0) is 20.9. The summed E-state index contributed by atoms with van der Waals surface area (Å²) in [7, 11) is 3.34. The summed E-state index contributed by atoms with van der Waals surface area (Å²) in [6.45, 7) is 2.20. The number of para-hydroxylation sites is 1. The molecule has 0 saturated heterocycles. The molecule has 156 valence electrons. The zero-order valence-corrected chi connectivity index (χ0v) is 18.0. The fraction of sp³-hybridized carbons (Fsp3) is 0.304. The lowest BCUT2D eigenvalue weighted by molar-refractivity contribution is 0.237. The highest BCUT2D eigenvalue weighted by molar-refractivity contribution is 7.98. The van der Waals surface area contributed by atoms with Gasteiger partial charge in [-0.1, -0.05) is 42.1 Å². The molecule has 1 aromatic heterocycles.